The Balaban J connectivity index is 3.64. The van der Waals surface area contributed by atoms with E-state index in [9.17, 15) is 4.79 Å². The Morgan fingerprint density at radius 1 is 1.38 bits per heavy atom. The second kappa shape index (κ2) is 2.82. The van der Waals surface area contributed by atoms with E-state index in [-0.39, 0.29) is 11.8 Å². The van der Waals surface area contributed by atoms with Crippen molar-refractivity contribution in [3.8, 4) is 0 Å². The third kappa shape index (κ3) is 2.07. The van der Waals surface area contributed by atoms with Crippen molar-refractivity contribution < 1.29 is 4.79 Å². The molecule has 0 amide bonds. The van der Waals surface area contributed by atoms with Gasteiger partial charge in [-0.3, -0.25) is 4.79 Å². The molecule has 0 aliphatic heterocycles. The molecule has 2 nitrogen and oxygen atoms in total. The van der Waals surface area contributed by atoms with Crippen LogP contribution in [0.25, 0.3) is 0 Å². The Labute approximate surface area is 50.1 Å². The largest absolute Gasteiger partial charge is 0.321 e. The van der Waals surface area contributed by atoms with E-state index in [1.165, 1.54) is 6.92 Å². The standard InChI is InChI=1S/C6H12NO/c1-4(2)6(7)5(3)8/h6H,7H2,1-3H3. The second-order valence-corrected chi connectivity index (χ2v) is 2.17. The average molecular weight is 114 g/mol. The summed E-state index contributed by atoms with van der Waals surface area (Å²) in [6.45, 7) is 5.20. The molecular formula is C6H12NO. The van der Waals surface area contributed by atoms with E-state index < -0.39 is 0 Å². The molecule has 0 aromatic rings. The van der Waals surface area contributed by atoms with Gasteiger partial charge in [-0.2, -0.15) is 0 Å². The van der Waals surface area contributed by atoms with Crippen LogP contribution in [0.2, 0.25) is 0 Å². The van der Waals surface area contributed by atoms with Gasteiger partial charge in [0.1, 0.15) is 5.78 Å². The first-order chi connectivity index (χ1) is 3.55. The summed E-state index contributed by atoms with van der Waals surface area (Å²) in [5.41, 5.74) is 5.37. The van der Waals surface area contributed by atoms with Crippen LogP contribution in [0, 0.1) is 5.92 Å². The normalized spacial score (nSPS) is 14.1. The van der Waals surface area contributed by atoms with Crippen molar-refractivity contribution in [1.29, 1.82) is 0 Å². The Bertz CT molecular complexity index is 88.5. The summed E-state index contributed by atoms with van der Waals surface area (Å²) in [6.07, 6.45) is 0. The Morgan fingerprint density at radius 3 is 1.75 bits per heavy atom. The quantitative estimate of drug-likeness (QED) is 0.568. The van der Waals surface area contributed by atoms with Gasteiger partial charge in [-0.25, -0.2) is 0 Å². The minimum Gasteiger partial charge on any atom is -0.321 e. The molecule has 2 N–H and O–H groups in total. The van der Waals surface area contributed by atoms with E-state index in [1.807, 2.05) is 13.8 Å². The number of carbonyl (C=O) groups excluding carboxylic acids is 1. The predicted molar refractivity (Wildman–Crippen MR) is 33.2 cm³/mol. The molecule has 0 rings (SSSR count). The SMILES string of the molecule is C[C](C)C(N)C(C)=O. The average Bonchev–Trinajstić information content (AvgIpc) is 1.64. The lowest BCUT2D eigenvalue weighted by atomic mass is 10.0. The van der Waals surface area contributed by atoms with E-state index in [0.29, 0.717) is 0 Å². The molecule has 0 aliphatic rings. The summed E-state index contributed by atoms with van der Waals surface area (Å²) in [5, 5.41) is 0. The number of hydrogen-bond acceptors (Lipinski definition) is 2. The van der Waals surface area contributed by atoms with Crippen LogP contribution in [-0.2, 0) is 4.79 Å². The Morgan fingerprint density at radius 2 is 1.75 bits per heavy atom. The molecule has 0 heterocycles. The lowest BCUT2D eigenvalue weighted by molar-refractivity contribution is -0.117. The van der Waals surface area contributed by atoms with Gasteiger partial charge in [-0.1, -0.05) is 13.8 Å². The van der Waals surface area contributed by atoms with Crippen LogP contribution < -0.4 is 5.73 Å². The van der Waals surface area contributed by atoms with Gasteiger partial charge >= 0.3 is 0 Å². The molecule has 0 spiro atoms. The van der Waals surface area contributed by atoms with Gasteiger partial charge in [0.25, 0.3) is 0 Å². The van der Waals surface area contributed by atoms with Crippen LogP contribution in [0.4, 0.5) is 0 Å². The number of carbonyl (C=O) groups is 1. The molecule has 8 heavy (non-hydrogen) atoms. The lowest BCUT2D eigenvalue weighted by Gasteiger charge is -2.09. The summed E-state index contributed by atoms with van der Waals surface area (Å²) in [7, 11) is 0. The van der Waals surface area contributed by atoms with Gasteiger partial charge in [0.2, 0.25) is 0 Å². The molecule has 0 saturated heterocycles. The molecule has 1 atom stereocenters. The molecule has 1 unspecified atom stereocenters. The second-order valence-electron chi connectivity index (χ2n) is 2.17. The number of nitrogens with two attached hydrogens (primary N) is 1. The fourth-order valence-corrected chi connectivity index (χ4v) is 0.407. The number of ketones is 1. The van der Waals surface area contributed by atoms with Gasteiger partial charge < -0.3 is 5.73 Å². The van der Waals surface area contributed by atoms with Crippen molar-refractivity contribution in [3.63, 3.8) is 0 Å². The first-order valence-corrected chi connectivity index (χ1v) is 2.61. The highest BCUT2D eigenvalue weighted by Gasteiger charge is 2.11. The summed E-state index contributed by atoms with van der Waals surface area (Å²) < 4.78 is 0. The van der Waals surface area contributed by atoms with Crippen molar-refractivity contribution in [3.05, 3.63) is 5.92 Å². The van der Waals surface area contributed by atoms with Crippen LogP contribution in [0.5, 0.6) is 0 Å². The van der Waals surface area contributed by atoms with Crippen LogP contribution in [0.15, 0.2) is 0 Å². The molecule has 0 aromatic heterocycles. The summed E-state index contributed by atoms with van der Waals surface area (Å²) in [5.74, 6) is 1.00. The maximum Gasteiger partial charge on any atom is 0.147 e. The fourth-order valence-electron chi connectivity index (χ4n) is 0.407. The Hall–Kier alpha value is -0.370. The van der Waals surface area contributed by atoms with Crippen LogP contribution >= 0.6 is 0 Å². The van der Waals surface area contributed by atoms with E-state index in [4.69, 9.17) is 5.73 Å². The summed E-state index contributed by atoms with van der Waals surface area (Å²) in [6, 6.07) is -0.352. The number of Topliss-reactive ketones (excluding diaryl/α,β-unsaturated/α-hetero) is 1. The van der Waals surface area contributed by atoms with Gasteiger partial charge in [0.15, 0.2) is 0 Å². The van der Waals surface area contributed by atoms with Crippen LogP contribution in [0.1, 0.15) is 20.8 Å². The minimum atomic E-state index is -0.352. The first kappa shape index (κ1) is 7.63. The van der Waals surface area contributed by atoms with Crippen molar-refractivity contribution in [2.24, 2.45) is 5.73 Å². The maximum atomic E-state index is 10.4. The Kier molecular flexibility index (Phi) is 2.69. The highest BCUT2D eigenvalue weighted by molar-refractivity contribution is 5.83. The zero-order chi connectivity index (χ0) is 6.73. The van der Waals surface area contributed by atoms with Gasteiger partial charge in [-0.05, 0) is 12.8 Å². The zero-order valence-corrected chi connectivity index (χ0v) is 5.56. The van der Waals surface area contributed by atoms with E-state index >= 15 is 0 Å². The number of rotatable bonds is 2. The number of hydrogen-bond donors (Lipinski definition) is 1. The molecule has 0 aliphatic carbocycles. The third-order valence-corrected chi connectivity index (χ3v) is 1.06. The third-order valence-electron chi connectivity index (χ3n) is 1.06. The van der Waals surface area contributed by atoms with E-state index in [0.717, 1.165) is 5.92 Å². The van der Waals surface area contributed by atoms with E-state index in [1.54, 1.807) is 0 Å². The zero-order valence-electron chi connectivity index (χ0n) is 5.56. The highest BCUT2D eigenvalue weighted by Crippen LogP contribution is 2.00. The van der Waals surface area contributed by atoms with E-state index in [2.05, 4.69) is 0 Å². The maximum absolute atomic E-state index is 10.4. The van der Waals surface area contributed by atoms with Gasteiger partial charge in [0.05, 0.1) is 6.04 Å². The van der Waals surface area contributed by atoms with Crippen molar-refractivity contribution >= 4 is 5.78 Å². The fraction of sp³-hybridized carbons (Fsp3) is 0.667. The monoisotopic (exact) mass is 114 g/mol. The van der Waals surface area contributed by atoms with Crippen LogP contribution in [-0.4, -0.2) is 11.8 Å². The minimum absolute atomic E-state index is 0.0324. The molecule has 0 bridgehead atoms. The molecule has 0 fully saturated rings. The molecule has 47 valence electrons. The van der Waals surface area contributed by atoms with Crippen LogP contribution in [0.3, 0.4) is 0 Å². The summed E-state index contributed by atoms with van der Waals surface area (Å²) >= 11 is 0. The topological polar surface area (TPSA) is 43.1 Å². The predicted octanol–water partition coefficient (Wildman–Crippen LogP) is 0.517. The van der Waals surface area contributed by atoms with Gasteiger partial charge in [-0.15, -0.1) is 0 Å². The first-order valence-electron chi connectivity index (χ1n) is 2.61. The summed E-state index contributed by atoms with van der Waals surface area (Å²) in [4.78, 5) is 10.4. The molecule has 2 heteroatoms. The molecule has 0 aromatic carbocycles. The molecular weight excluding hydrogens is 102 g/mol. The lowest BCUT2D eigenvalue weighted by Crippen LogP contribution is -2.32. The van der Waals surface area contributed by atoms with Crippen molar-refractivity contribution in [2.75, 3.05) is 0 Å². The van der Waals surface area contributed by atoms with Crippen molar-refractivity contribution in [1.82, 2.24) is 0 Å². The van der Waals surface area contributed by atoms with Gasteiger partial charge in [0, 0.05) is 0 Å². The molecule has 0 saturated carbocycles. The van der Waals surface area contributed by atoms with Crippen molar-refractivity contribution in [2.45, 2.75) is 26.8 Å². The smallest absolute Gasteiger partial charge is 0.147 e. The highest BCUT2D eigenvalue weighted by atomic mass is 16.1. The molecule has 1 radical (unpaired) electrons.